The topological polar surface area (TPSA) is 96.8 Å². The van der Waals surface area contributed by atoms with Gasteiger partial charge in [0.25, 0.3) is 0 Å². The fourth-order valence-corrected chi connectivity index (χ4v) is 2.59. The van der Waals surface area contributed by atoms with Gasteiger partial charge in [-0.05, 0) is 25.1 Å². The Morgan fingerprint density at radius 3 is 2.68 bits per heavy atom. The highest BCUT2D eigenvalue weighted by Crippen LogP contribution is 2.18. The number of carbonyl (C=O) groups excluding carboxylic acids is 1. The van der Waals surface area contributed by atoms with Crippen molar-refractivity contribution >= 4 is 23.0 Å². The molecule has 130 valence electrons. The maximum Gasteiger partial charge on any atom is 0.339 e. The summed E-state index contributed by atoms with van der Waals surface area (Å²) >= 11 is 0. The number of carboxylic acids is 1. The van der Waals surface area contributed by atoms with Crippen molar-refractivity contribution in [2.24, 2.45) is 0 Å². The number of benzene rings is 1. The summed E-state index contributed by atoms with van der Waals surface area (Å²) in [4.78, 5) is 29.1. The highest BCUT2D eigenvalue weighted by atomic mass is 16.4. The van der Waals surface area contributed by atoms with E-state index in [0.717, 1.165) is 5.52 Å². The van der Waals surface area contributed by atoms with Crippen LogP contribution in [0.5, 0.6) is 0 Å². The summed E-state index contributed by atoms with van der Waals surface area (Å²) in [6, 6.07) is 8.88. The van der Waals surface area contributed by atoms with Crippen LogP contribution in [0.2, 0.25) is 0 Å². The number of carbonyl (C=O) groups is 2. The van der Waals surface area contributed by atoms with Gasteiger partial charge in [-0.3, -0.25) is 4.79 Å². The number of nitrogens with zero attached hydrogens (tertiary/aromatic N) is 2. The van der Waals surface area contributed by atoms with E-state index >= 15 is 0 Å². The van der Waals surface area contributed by atoms with Crippen molar-refractivity contribution in [2.45, 2.75) is 26.3 Å². The molecular weight excluding hydrogens is 324 g/mol. The SMILES string of the molecule is Cc1oc(CN(C)C(=O)CCc2nc3ccccc3o2)cc1C(=O)O. The van der Waals surface area contributed by atoms with E-state index in [4.69, 9.17) is 13.9 Å². The van der Waals surface area contributed by atoms with Gasteiger partial charge in [0, 0.05) is 19.9 Å². The van der Waals surface area contributed by atoms with Gasteiger partial charge < -0.3 is 18.8 Å². The molecule has 3 rings (SSSR count). The zero-order valence-corrected chi connectivity index (χ0v) is 14.0. The molecule has 0 unspecified atom stereocenters. The lowest BCUT2D eigenvalue weighted by Gasteiger charge is -2.15. The Labute approximate surface area is 143 Å². The van der Waals surface area contributed by atoms with E-state index in [1.54, 1.807) is 14.0 Å². The van der Waals surface area contributed by atoms with E-state index in [1.807, 2.05) is 24.3 Å². The van der Waals surface area contributed by atoms with Gasteiger partial charge >= 0.3 is 5.97 Å². The molecule has 7 heteroatoms. The number of hydrogen-bond donors (Lipinski definition) is 1. The maximum absolute atomic E-state index is 12.3. The molecule has 25 heavy (non-hydrogen) atoms. The van der Waals surface area contributed by atoms with Gasteiger partial charge in [0.2, 0.25) is 5.91 Å². The standard InChI is InChI=1S/C18H18N2O5/c1-11-13(18(22)23)9-12(24-11)10-20(2)17(21)8-7-16-19-14-5-3-4-6-15(14)25-16/h3-6,9H,7-8,10H2,1-2H3,(H,22,23). The fraction of sp³-hybridized carbons (Fsp3) is 0.278. The minimum absolute atomic E-state index is 0.104. The number of aryl methyl sites for hydroxylation is 2. The van der Waals surface area contributed by atoms with Crippen molar-refractivity contribution in [3.8, 4) is 0 Å². The van der Waals surface area contributed by atoms with Crippen LogP contribution in [-0.4, -0.2) is 33.9 Å². The van der Waals surface area contributed by atoms with Crippen LogP contribution in [0.25, 0.3) is 11.1 Å². The number of carboxylic acid groups (broad SMARTS) is 1. The highest BCUT2D eigenvalue weighted by Gasteiger charge is 2.17. The molecular formula is C18H18N2O5. The Morgan fingerprint density at radius 1 is 1.24 bits per heavy atom. The van der Waals surface area contributed by atoms with Crippen molar-refractivity contribution in [3.63, 3.8) is 0 Å². The molecule has 0 atom stereocenters. The van der Waals surface area contributed by atoms with Gasteiger partial charge in [-0.2, -0.15) is 0 Å². The smallest absolute Gasteiger partial charge is 0.339 e. The lowest BCUT2D eigenvalue weighted by Crippen LogP contribution is -2.26. The Bertz CT molecular complexity index is 892. The molecule has 2 aromatic heterocycles. The van der Waals surface area contributed by atoms with Crippen LogP contribution in [0.15, 0.2) is 39.2 Å². The van der Waals surface area contributed by atoms with Crippen molar-refractivity contribution in [1.29, 1.82) is 0 Å². The molecule has 0 saturated heterocycles. The van der Waals surface area contributed by atoms with Crippen molar-refractivity contribution in [3.05, 3.63) is 53.3 Å². The number of furan rings is 1. The van der Waals surface area contributed by atoms with E-state index in [-0.39, 0.29) is 24.4 Å². The van der Waals surface area contributed by atoms with E-state index < -0.39 is 5.97 Å². The number of aromatic carboxylic acids is 1. The van der Waals surface area contributed by atoms with Crippen molar-refractivity contribution in [1.82, 2.24) is 9.88 Å². The Morgan fingerprint density at radius 2 is 2.00 bits per heavy atom. The largest absolute Gasteiger partial charge is 0.478 e. The molecule has 0 bridgehead atoms. The first kappa shape index (κ1) is 16.8. The summed E-state index contributed by atoms with van der Waals surface area (Å²) < 4.78 is 11.0. The van der Waals surface area contributed by atoms with Crippen LogP contribution in [0.3, 0.4) is 0 Å². The predicted octanol–water partition coefficient (Wildman–Crippen LogP) is 3.02. The maximum atomic E-state index is 12.3. The Kier molecular flexibility index (Phi) is 4.56. The molecule has 0 fully saturated rings. The number of hydrogen-bond acceptors (Lipinski definition) is 5. The molecule has 1 N–H and O–H groups in total. The van der Waals surface area contributed by atoms with Gasteiger partial charge in [-0.1, -0.05) is 12.1 Å². The van der Waals surface area contributed by atoms with Crippen LogP contribution in [0.1, 0.15) is 34.2 Å². The number of amides is 1. The quantitative estimate of drug-likeness (QED) is 0.739. The van der Waals surface area contributed by atoms with Crippen LogP contribution in [0.4, 0.5) is 0 Å². The highest BCUT2D eigenvalue weighted by molar-refractivity contribution is 5.88. The van der Waals surface area contributed by atoms with Crippen LogP contribution in [-0.2, 0) is 17.8 Å². The number of para-hydroxylation sites is 2. The second-order valence-corrected chi connectivity index (χ2v) is 5.81. The second-order valence-electron chi connectivity index (χ2n) is 5.81. The first-order chi connectivity index (χ1) is 11.9. The summed E-state index contributed by atoms with van der Waals surface area (Å²) in [6.45, 7) is 1.79. The first-order valence-corrected chi connectivity index (χ1v) is 7.85. The fourth-order valence-electron chi connectivity index (χ4n) is 2.59. The van der Waals surface area contributed by atoms with Crippen molar-refractivity contribution in [2.75, 3.05) is 7.05 Å². The number of rotatable bonds is 6. The molecule has 0 aliphatic carbocycles. The zero-order chi connectivity index (χ0) is 18.0. The number of aromatic nitrogens is 1. The molecule has 1 amide bonds. The third-order valence-electron chi connectivity index (χ3n) is 3.91. The third kappa shape index (κ3) is 3.71. The van der Waals surface area contributed by atoms with Gasteiger partial charge in [-0.15, -0.1) is 0 Å². The molecule has 1 aromatic carbocycles. The summed E-state index contributed by atoms with van der Waals surface area (Å²) in [5.41, 5.74) is 1.58. The van der Waals surface area contributed by atoms with E-state index in [9.17, 15) is 9.59 Å². The normalized spacial score (nSPS) is 11.0. The molecule has 7 nitrogen and oxygen atoms in total. The summed E-state index contributed by atoms with van der Waals surface area (Å²) in [7, 11) is 1.65. The average Bonchev–Trinajstić information content (AvgIpc) is 3.15. The summed E-state index contributed by atoms with van der Waals surface area (Å²) in [5, 5.41) is 9.03. The van der Waals surface area contributed by atoms with Crippen LogP contribution in [0, 0.1) is 6.92 Å². The zero-order valence-electron chi connectivity index (χ0n) is 14.0. The molecule has 0 spiro atoms. The lowest BCUT2D eigenvalue weighted by atomic mass is 10.2. The third-order valence-corrected chi connectivity index (χ3v) is 3.91. The second kappa shape index (κ2) is 6.80. The monoisotopic (exact) mass is 342 g/mol. The molecule has 0 radical (unpaired) electrons. The molecule has 0 aliphatic rings. The van der Waals surface area contributed by atoms with E-state index in [0.29, 0.717) is 29.4 Å². The van der Waals surface area contributed by atoms with Gasteiger partial charge in [0.15, 0.2) is 11.5 Å². The van der Waals surface area contributed by atoms with E-state index in [1.165, 1.54) is 11.0 Å². The van der Waals surface area contributed by atoms with Crippen molar-refractivity contribution < 1.29 is 23.5 Å². The van der Waals surface area contributed by atoms with Crippen LogP contribution < -0.4 is 0 Å². The minimum atomic E-state index is -1.04. The minimum Gasteiger partial charge on any atom is -0.478 e. The molecule has 0 aliphatic heterocycles. The Hall–Kier alpha value is -3.09. The molecule has 0 saturated carbocycles. The molecule has 2 heterocycles. The number of oxazole rings is 1. The average molecular weight is 342 g/mol. The first-order valence-electron chi connectivity index (χ1n) is 7.85. The Balaban J connectivity index is 1.59. The number of fused-ring (bicyclic) bond motifs is 1. The summed E-state index contributed by atoms with van der Waals surface area (Å²) in [5.74, 6) is 0.137. The molecule has 3 aromatic rings. The van der Waals surface area contributed by atoms with Gasteiger partial charge in [-0.25, -0.2) is 9.78 Å². The van der Waals surface area contributed by atoms with Gasteiger partial charge in [0.1, 0.15) is 22.6 Å². The van der Waals surface area contributed by atoms with Crippen LogP contribution >= 0.6 is 0 Å². The van der Waals surface area contributed by atoms with Gasteiger partial charge in [0.05, 0.1) is 6.54 Å². The predicted molar refractivity (Wildman–Crippen MR) is 89.2 cm³/mol. The summed E-state index contributed by atoms with van der Waals surface area (Å²) in [6.07, 6.45) is 0.643. The lowest BCUT2D eigenvalue weighted by molar-refractivity contribution is -0.130. The van der Waals surface area contributed by atoms with E-state index in [2.05, 4.69) is 4.98 Å².